The molecule has 5 heteroatoms. The van der Waals surface area contributed by atoms with Gasteiger partial charge < -0.3 is 10.1 Å². The van der Waals surface area contributed by atoms with Crippen LogP contribution in [0.25, 0.3) is 0 Å². The molecule has 0 aliphatic heterocycles. The summed E-state index contributed by atoms with van der Waals surface area (Å²) in [5, 5.41) is 3.96. The lowest BCUT2D eigenvalue weighted by Gasteiger charge is -2.05. The zero-order valence-electron chi connectivity index (χ0n) is 15.0. The van der Waals surface area contributed by atoms with Crippen LogP contribution in [0.4, 0.5) is 0 Å². The maximum absolute atomic E-state index is 12.5. The summed E-state index contributed by atoms with van der Waals surface area (Å²) < 4.78 is 5.15. The van der Waals surface area contributed by atoms with E-state index in [4.69, 9.17) is 4.74 Å². The van der Waals surface area contributed by atoms with Gasteiger partial charge in [-0.1, -0.05) is 42.5 Å². The number of nitrogens with one attached hydrogen (secondary N) is 1. The molecule has 26 heavy (non-hydrogen) atoms. The number of rotatable bonds is 7. The van der Waals surface area contributed by atoms with Crippen molar-refractivity contribution in [3.8, 4) is 5.75 Å². The van der Waals surface area contributed by atoms with Gasteiger partial charge in [0, 0.05) is 13.0 Å². The molecule has 0 saturated carbocycles. The zero-order chi connectivity index (χ0) is 18.4. The summed E-state index contributed by atoms with van der Waals surface area (Å²) in [4.78, 5) is 17.7. The molecule has 0 radical (unpaired) electrons. The zero-order valence-corrected chi connectivity index (χ0v) is 15.8. The normalized spacial score (nSPS) is 10.5. The van der Waals surface area contributed by atoms with E-state index in [0.29, 0.717) is 11.4 Å². The van der Waals surface area contributed by atoms with Gasteiger partial charge in [0.1, 0.15) is 10.6 Å². The van der Waals surface area contributed by atoms with Crippen LogP contribution in [-0.4, -0.2) is 24.5 Å². The maximum atomic E-state index is 12.5. The molecule has 0 saturated heterocycles. The van der Waals surface area contributed by atoms with Gasteiger partial charge in [-0.2, -0.15) is 0 Å². The number of hydrogen-bond acceptors (Lipinski definition) is 4. The number of ether oxygens (including phenoxy) is 1. The summed E-state index contributed by atoms with van der Waals surface area (Å²) in [6.07, 6.45) is 1.54. The highest BCUT2D eigenvalue weighted by Gasteiger charge is 2.15. The molecule has 3 aromatic rings. The molecule has 0 unspecified atom stereocenters. The summed E-state index contributed by atoms with van der Waals surface area (Å²) in [6.45, 7) is 2.49. The number of methoxy groups -OCH3 is 1. The Morgan fingerprint density at radius 3 is 2.50 bits per heavy atom. The molecular weight excluding hydrogens is 344 g/mol. The van der Waals surface area contributed by atoms with Crippen LogP contribution in [0, 0.1) is 6.92 Å². The molecule has 4 nitrogen and oxygen atoms in total. The first-order valence-corrected chi connectivity index (χ1v) is 9.38. The van der Waals surface area contributed by atoms with Gasteiger partial charge in [0.15, 0.2) is 0 Å². The van der Waals surface area contributed by atoms with Crippen LogP contribution >= 0.6 is 11.3 Å². The van der Waals surface area contributed by atoms with E-state index in [1.54, 1.807) is 7.11 Å². The van der Waals surface area contributed by atoms with Crippen molar-refractivity contribution in [3.05, 3.63) is 81.3 Å². The van der Waals surface area contributed by atoms with E-state index in [1.165, 1.54) is 16.9 Å². The fourth-order valence-electron chi connectivity index (χ4n) is 2.70. The third kappa shape index (κ3) is 4.70. The summed E-state index contributed by atoms with van der Waals surface area (Å²) in [5.74, 6) is 0.789. The van der Waals surface area contributed by atoms with Crippen molar-refractivity contribution in [3.63, 3.8) is 0 Å². The number of aryl methyl sites for hydroxylation is 1. The lowest BCUT2D eigenvalue weighted by molar-refractivity contribution is 0.0957. The summed E-state index contributed by atoms with van der Waals surface area (Å²) in [6, 6.07) is 18.1. The third-order valence-corrected chi connectivity index (χ3v) is 5.26. The fourth-order valence-corrected chi connectivity index (χ4v) is 3.72. The second-order valence-electron chi connectivity index (χ2n) is 6.04. The number of aromatic nitrogens is 1. The highest BCUT2D eigenvalue weighted by molar-refractivity contribution is 7.13. The Bertz CT molecular complexity index is 857. The molecule has 134 valence electrons. The number of carbonyl (C=O) groups excluding carboxylic acids is 1. The summed E-state index contributed by atoms with van der Waals surface area (Å²) in [5.41, 5.74) is 3.16. The Hall–Kier alpha value is -2.66. The van der Waals surface area contributed by atoms with Gasteiger partial charge in [0.25, 0.3) is 5.91 Å². The van der Waals surface area contributed by atoms with Crippen molar-refractivity contribution in [2.45, 2.75) is 19.8 Å². The SMILES string of the molecule is COc1ccc(CCNC(=O)c2sc(Cc3ccccc3)nc2C)cc1. The fraction of sp³-hybridized carbons (Fsp3) is 0.238. The molecule has 1 N–H and O–H groups in total. The third-order valence-electron chi connectivity index (χ3n) is 4.10. The molecule has 0 spiro atoms. The van der Waals surface area contributed by atoms with E-state index in [0.717, 1.165) is 34.9 Å². The second-order valence-corrected chi connectivity index (χ2v) is 7.12. The number of amides is 1. The quantitative estimate of drug-likeness (QED) is 0.687. The van der Waals surface area contributed by atoms with Gasteiger partial charge in [-0.05, 0) is 36.6 Å². The van der Waals surface area contributed by atoms with Crippen LogP contribution in [0.2, 0.25) is 0 Å². The topological polar surface area (TPSA) is 51.2 Å². The van der Waals surface area contributed by atoms with E-state index in [-0.39, 0.29) is 5.91 Å². The number of nitrogens with zero attached hydrogens (tertiary/aromatic N) is 1. The molecule has 1 aromatic heterocycles. The van der Waals surface area contributed by atoms with E-state index in [1.807, 2.05) is 49.4 Å². The molecule has 1 amide bonds. The first-order valence-electron chi connectivity index (χ1n) is 8.57. The van der Waals surface area contributed by atoms with E-state index >= 15 is 0 Å². The van der Waals surface area contributed by atoms with E-state index < -0.39 is 0 Å². The molecule has 1 heterocycles. The average Bonchev–Trinajstić information content (AvgIpc) is 3.03. The largest absolute Gasteiger partial charge is 0.497 e. The van der Waals surface area contributed by atoms with Crippen LogP contribution in [0.3, 0.4) is 0 Å². The molecule has 0 bridgehead atoms. The Kier molecular flexibility index (Phi) is 6.02. The van der Waals surface area contributed by atoms with Crippen LogP contribution in [-0.2, 0) is 12.8 Å². The number of thiazole rings is 1. The highest BCUT2D eigenvalue weighted by Crippen LogP contribution is 2.21. The monoisotopic (exact) mass is 366 g/mol. The van der Waals surface area contributed by atoms with Crippen LogP contribution < -0.4 is 10.1 Å². The van der Waals surface area contributed by atoms with E-state index in [9.17, 15) is 4.79 Å². The molecule has 0 aliphatic rings. The first-order chi connectivity index (χ1) is 12.7. The van der Waals surface area contributed by atoms with Crippen molar-refractivity contribution in [1.82, 2.24) is 10.3 Å². The van der Waals surface area contributed by atoms with Gasteiger partial charge in [0.05, 0.1) is 17.8 Å². The van der Waals surface area contributed by atoms with Gasteiger partial charge >= 0.3 is 0 Å². The molecule has 0 fully saturated rings. The maximum Gasteiger partial charge on any atom is 0.263 e. The lowest BCUT2D eigenvalue weighted by atomic mass is 10.1. The van der Waals surface area contributed by atoms with Gasteiger partial charge in [-0.3, -0.25) is 4.79 Å². The van der Waals surface area contributed by atoms with Crippen LogP contribution in [0.5, 0.6) is 5.75 Å². The Morgan fingerprint density at radius 1 is 1.08 bits per heavy atom. The summed E-state index contributed by atoms with van der Waals surface area (Å²) in [7, 11) is 1.65. The Balaban J connectivity index is 1.55. The van der Waals surface area contributed by atoms with Crippen molar-refractivity contribution in [2.24, 2.45) is 0 Å². The van der Waals surface area contributed by atoms with Gasteiger partial charge in [-0.25, -0.2) is 4.98 Å². The molecular formula is C21H22N2O2S. The predicted molar refractivity (Wildman–Crippen MR) is 105 cm³/mol. The van der Waals surface area contributed by atoms with Crippen molar-refractivity contribution in [2.75, 3.05) is 13.7 Å². The molecule has 3 rings (SSSR count). The van der Waals surface area contributed by atoms with Crippen LogP contribution in [0.1, 0.15) is 31.5 Å². The minimum absolute atomic E-state index is 0.0483. The lowest BCUT2D eigenvalue weighted by Crippen LogP contribution is -2.25. The number of carbonyl (C=O) groups is 1. The average molecular weight is 366 g/mol. The van der Waals surface area contributed by atoms with Crippen molar-refractivity contribution < 1.29 is 9.53 Å². The predicted octanol–water partition coefficient (Wildman–Crippen LogP) is 4.02. The van der Waals surface area contributed by atoms with Crippen molar-refractivity contribution >= 4 is 17.2 Å². The number of hydrogen-bond donors (Lipinski definition) is 1. The molecule has 2 aromatic carbocycles. The summed E-state index contributed by atoms with van der Waals surface area (Å²) >= 11 is 1.47. The smallest absolute Gasteiger partial charge is 0.263 e. The van der Waals surface area contributed by atoms with Crippen molar-refractivity contribution in [1.29, 1.82) is 0 Å². The minimum atomic E-state index is -0.0483. The minimum Gasteiger partial charge on any atom is -0.497 e. The van der Waals surface area contributed by atoms with Crippen LogP contribution in [0.15, 0.2) is 54.6 Å². The molecule has 0 atom stereocenters. The number of benzene rings is 2. The first kappa shape index (κ1) is 18.1. The van der Waals surface area contributed by atoms with E-state index in [2.05, 4.69) is 22.4 Å². The van der Waals surface area contributed by atoms with Gasteiger partial charge in [-0.15, -0.1) is 11.3 Å². The Labute approximate surface area is 157 Å². The Morgan fingerprint density at radius 2 is 1.81 bits per heavy atom. The second kappa shape index (κ2) is 8.63. The standard InChI is InChI=1S/C21H22N2O2S/c1-15-20(26-19(23-15)14-17-6-4-3-5-7-17)21(24)22-13-12-16-8-10-18(25-2)11-9-16/h3-11H,12-14H2,1-2H3,(H,22,24). The van der Waals surface area contributed by atoms with Gasteiger partial charge in [0.2, 0.25) is 0 Å². The highest BCUT2D eigenvalue weighted by atomic mass is 32.1. The molecule has 0 aliphatic carbocycles.